The van der Waals surface area contributed by atoms with E-state index in [2.05, 4.69) is 43.3 Å². The third-order valence-electron chi connectivity index (χ3n) is 8.35. The third-order valence-corrected chi connectivity index (χ3v) is 8.35. The Kier molecular flexibility index (Phi) is 13.9. The minimum atomic E-state index is -0.744. The number of hydrogen-bond acceptors (Lipinski definition) is 1. The van der Waals surface area contributed by atoms with Gasteiger partial charge in [-0.25, -0.2) is 0 Å². The third kappa shape index (κ3) is 9.09. The van der Waals surface area contributed by atoms with Crippen molar-refractivity contribution < 1.29 is 9.90 Å². The zero-order valence-electron chi connectivity index (χ0n) is 24.2. The molecule has 0 fully saturated rings. The Balaban J connectivity index is 1.60. The molecule has 0 radical (unpaired) electrons. The number of unbranched alkanes of at least 4 members (excludes halogenated alkanes) is 13. The highest BCUT2D eigenvalue weighted by molar-refractivity contribution is 5.76. The minimum absolute atomic E-state index is 0.554. The van der Waals surface area contributed by atoms with Crippen LogP contribution in [0.25, 0.3) is 0 Å². The summed E-state index contributed by atoms with van der Waals surface area (Å²) >= 11 is 0. The number of rotatable bonds is 20. The first-order chi connectivity index (χ1) is 19.2. The van der Waals surface area contributed by atoms with Crippen molar-refractivity contribution in [2.45, 2.75) is 109 Å². The summed E-state index contributed by atoms with van der Waals surface area (Å²) in [6.45, 7) is 2.28. The number of aliphatic carboxylic acids is 1. The van der Waals surface area contributed by atoms with Gasteiger partial charge in [-0.15, -0.1) is 0 Å². The maximum Gasteiger partial charge on any atom is 0.308 e. The number of carbonyl (C=O) groups is 1. The summed E-state index contributed by atoms with van der Waals surface area (Å²) in [6.07, 6.45) is 18.9. The minimum Gasteiger partial charge on any atom is -0.481 e. The summed E-state index contributed by atoms with van der Waals surface area (Å²) in [4.78, 5) is 13.0. The Morgan fingerprint density at radius 1 is 0.538 bits per heavy atom. The van der Waals surface area contributed by atoms with Crippen molar-refractivity contribution in [1.82, 2.24) is 0 Å². The van der Waals surface area contributed by atoms with Crippen LogP contribution < -0.4 is 0 Å². The van der Waals surface area contributed by atoms with Crippen molar-refractivity contribution >= 4 is 5.97 Å². The molecule has 3 aromatic rings. The summed E-state index contributed by atoms with van der Waals surface area (Å²) < 4.78 is 0. The van der Waals surface area contributed by atoms with Gasteiger partial charge < -0.3 is 5.11 Å². The molecule has 0 amide bonds. The average molecular weight is 527 g/mol. The lowest BCUT2D eigenvalue weighted by Crippen LogP contribution is -2.42. The van der Waals surface area contributed by atoms with Gasteiger partial charge in [0.2, 0.25) is 0 Å². The largest absolute Gasteiger partial charge is 0.481 e. The average Bonchev–Trinajstić information content (AvgIpc) is 2.98. The van der Waals surface area contributed by atoms with Crippen LogP contribution in [0.4, 0.5) is 0 Å². The maximum absolute atomic E-state index is 13.0. The molecule has 0 aliphatic heterocycles. The highest BCUT2D eigenvalue weighted by atomic mass is 16.4. The zero-order valence-corrected chi connectivity index (χ0v) is 24.2. The molecule has 2 heteroatoms. The Hall–Kier alpha value is -2.87. The molecule has 0 spiro atoms. The molecule has 1 atom stereocenters. The fourth-order valence-electron chi connectivity index (χ4n) is 6.27. The Bertz CT molecular complexity index is 932. The molecule has 3 aromatic carbocycles. The van der Waals surface area contributed by atoms with Crippen LogP contribution in [0.1, 0.15) is 120 Å². The van der Waals surface area contributed by atoms with Gasteiger partial charge in [0.25, 0.3) is 0 Å². The van der Waals surface area contributed by atoms with Crippen molar-refractivity contribution in [3.63, 3.8) is 0 Å². The second kappa shape index (κ2) is 17.7. The quantitative estimate of drug-likeness (QED) is 0.117. The van der Waals surface area contributed by atoms with Crippen LogP contribution in [-0.2, 0) is 10.2 Å². The first kappa shape index (κ1) is 30.7. The first-order valence-corrected chi connectivity index (χ1v) is 15.6. The summed E-state index contributed by atoms with van der Waals surface area (Å²) in [5.74, 6) is -1.27. The van der Waals surface area contributed by atoms with Gasteiger partial charge in [0.05, 0.1) is 11.3 Å². The van der Waals surface area contributed by atoms with Crippen molar-refractivity contribution in [3.8, 4) is 0 Å². The topological polar surface area (TPSA) is 37.3 Å². The predicted octanol–water partition coefficient (Wildman–Crippen LogP) is 10.6. The SMILES string of the molecule is CCCCCCCCCCCCCCCCC(C(=O)O)C(c1ccccc1)(c1ccccc1)c1ccccc1. The van der Waals surface area contributed by atoms with E-state index in [9.17, 15) is 9.90 Å². The van der Waals surface area contributed by atoms with Crippen LogP contribution >= 0.6 is 0 Å². The van der Waals surface area contributed by atoms with Gasteiger partial charge in [-0.1, -0.05) is 188 Å². The number of hydrogen-bond donors (Lipinski definition) is 1. The molecule has 1 unspecified atom stereocenters. The normalized spacial score (nSPS) is 12.3. The Morgan fingerprint density at radius 2 is 0.846 bits per heavy atom. The van der Waals surface area contributed by atoms with Crippen LogP contribution in [0.5, 0.6) is 0 Å². The van der Waals surface area contributed by atoms with E-state index in [1.807, 2.05) is 54.6 Å². The van der Waals surface area contributed by atoms with Crippen molar-refractivity contribution in [2.75, 3.05) is 0 Å². The van der Waals surface area contributed by atoms with Gasteiger partial charge in [0, 0.05) is 0 Å². The molecular weight excluding hydrogens is 476 g/mol. The molecule has 0 aliphatic carbocycles. The molecule has 0 saturated carbocycles. The summed E-state index contributed by atoms with van der Waals surface area (Å²) in [7, 11) is 0. The van der Waals surface area contributed by atoms with Gasteiger partial charge >= 0.3 is 5.97 Å². The predicted molar refractivity (Wildman–Crippen MR) is 165 cm³/mol. The van der Waals surface area contributed by atoms with Gasteiger partial charge in [0.1, 0.15) is 0 Å². The van der Waals surface area contributed by atoms with Gasteiger partial charge in [-0.2, -0.15) is 0 Å². The molecular formula is C37H50O2. The molecule has 0 aromatic heterocycles. The molecule has 2 nitrogen and oxygen atoms in total. The van der Waals surface area contributed by atoms with Crippen molar-refractivity contribution in [2.24, 2.45) is 5.92 Å². The Morgan fingerprint density at radius 3 is 1.15 bits per heavy atom. The first-order valence-electron chi connectivity index (χ1n) is 15.6. The molecule has 0 aliphatic rings. The fraction of sp³-hybridized carbons (Fsp3) is 0.486. The monoisotopic (exact) mass is 526 g/mol. The number of carboxylic acid groups (broad SMARTS) is 1. The lowest BCUT2D eigenvalue weighted by atomic mass is 9.60. The van der Waals surface area contributed by atoms with Crippen LogP contribution in [0, 0.1) is 5.92 Å². The standard InChI is InChI=1S/C37H50O2/c1-2-3-4-5-6-7-8-9-10-11-12-13-14-24-31-35(36(38)39)37(32-25-18-15-19-26-32,33-27-20-16-21-28-33)34-29-22-17-23-30-34/h15-23,25-30,35H,2-14,24,31H2,1H3,(H,38,39). The summed E-state index contributed by atoms with van der Waals surface area (Å²) in [6, 6.07) is 30.8. The molecule has 3 rings (SSSR count). The number of benzene rings is 3. The highest BCUT2D eigenvalue weighted by Crippen LogP contribution is 2.47. The van der Waals surface area contributed by atoms with Crippen LogP contribution in [-0.4, -0.2) is 11.1 Å². The fourth-order valence-corrected chi connectivity index (χ4v) is 6.27. The van der Waals surface area contributed by atoms with E-state index in [-0.39, 0.29) is 0 Å². The van der Waals surface area contributed by atoms with Crippen molar-refractivity contribution in [1.29, 1.82) is 0 Å². The van der Waals surface area contributed by atoms with Crippen LogP contribution in [0.2, 0.25) is 0 Å². The van der Waals surface area contributed by atoms with E-state index < -0.39 is 17.3 Å². The molecule has 210 valence electrons. The van der Waals surface area contributed by atoms with E-state index >= 15 is 0 Å². The van der Waals surface area contributed by atoms with E-state index in [1.54, 1.807) is 0 Å². The van der Waals surface area contributed by atoms with E-state index in [0.717, 1.165) is 29.5 Å². The lowest BCUT2D eigenvalue weighted by molar-refractivity contribution is -0.143. The smallest absolute Gasteiger partial charge is 0.308 e. The Labute approximate surface area is 237 Å². The molecule has 1 N–H and O–H groups in total. The van der Waals surface area contributed by atoms with Crippen molar-refractivity contribution in [3.05, 3.63) is 108 Å². The summed E-state index contributed by atoms with van der Waals surface area (Å²) in [5, 5.41) is 10.7. The summed E-state index contributed by atoms with van der Waals surface area (Å²) in [5.41, 5.74) is 2.38. The van der Waals surface area contributed by atoms with E-state index in [1.165, 1.54) is 77.0 Å². The molecule has 0 heterocycles. The molecule has 0 bridgehead atoms. The van der Waals surface area contributed by atoms with Gasteiger partial charge in [0.15, 0.2) is 0 Å². The van der Waals surface area contributed by atoms with Crippen LogP contribution in [0.15, 0.2) is 91.0 Å². The van der Waals surface area contributed by atoms with E-state index in [0.29, 0.717) is 6.42 Å². The molecule has 0 saturated heterocycles. The maximum atomic E-state index is 13.0. The lowest BCUT2D eigenvalue weighted by Gasteiger charge is -2.41. The second-order valence-corrected chi connectivity index (χ2v) is 11.2. The molecule has 39 heavy (non-hydrogen) atoms. The highest BCUT2D eigenvalue weighted by Gasteiger charge is 2.46. The van der Waals surface area contributed by atoms with Gasteiger partial charge in [-0.05, 0) is 23.1 Å². The van der Waals surface area contributed by atoms with E-state index in [4.69, 9.17) is 0 Å². The second-order valence-electron chi connectivity index (χ2n) is 11.2. The van der Waals surface area contributed by atoms with Gasteiger partial charge in [-0.3, -0.25) is 4.79 Å². The van der Waals surface area contributed by atoms with Crippen LogP contribution in [0.3, 0.4) is 0 Å². The number of carboxylic acids is 1. The zero-order chi connectivity index (χ0) is 27.6.